The molecule has 0 aliphatic carbocycles. The molecule has 2 aromatic carbocycles. The van der Waals surface area contributed by atoms with Crippen LogP contribution in [0, 0.1) is 0 Å². The minimum Gasteiger partial charge on any atom is -0.507 e. The maximum Gasteiger partial charge on any atom is 0.339 e. The number of fused-ring (bicyclic) bond motifs is 1. The molecule has 0 unspecified atom stereocenters. The van der Waals surface area contributed by atoms with Crippen molar-refractivity contribution in [2.45, 2.75) is 19.4 Å². The number of hydrogen-bond acceptors (Lipinski definition) is 4. The van der Waals surface area contributed by atoms with Crippen LogP contribution in [0.5, 0.6) is 5.75 Å². The largest absolute Gasteiger partial charge is 0.507 e. The normalized spacial score (nSPS) is 12.0. The van der Waals surface area contributed by atoms with Gasteiger partial charge in [0.1, 0.15) is 23.1 Å². The van der Waals surface area contributed by atoms with Crippen LogP contribution in [-0.4, -0.2) is 22.1 Å². The highest BCUT2D eigenvalue weighted by Crippen LogP contribution is 2.38. The van der Waals surface area contributed by atoms with Crippen LogP contribution in [0.25, 0.3) is 10.8 Å². The van der Waals surface area contributed by atoms with Gasteiger partial charge in [0, 0.05) is 12.0 Å². The van der Waals surface area contributed by atoms with Gasteiger partial charge in [0.25, 0.3) is 0 Å². The lowest BCUT2D eigenvalue weighted by atomic mass is 9.93. The second-order valence-electron chi connectivity index (χ2n) is 5.58. The smallest absolute Gasteiger partial charge is 0.339 e. The Balaban J connectivity index is 2.31. The Morgan fingerprint density at radius 3 is 2.60 bits per heavy atom. The molecule has 1 aromatic heterocycles. The summed E-state index contributed by atoms with van der Waals surface area (Å²) in [6, 6.07) is 11.0. The second kappa shape index (κ2) is 6.68. The number of carbonyl (C=O) groups excluding carboxylic acids is 1. The molecule has 0 saturated heterocycles. The predicted octanol–water partition coefficient (Wildman–Crippen LogP) is 3.45. The molecule has 0 fully saturated rings. The first-order chi connectivity index (χ1) is 12.0. The van der Waals surface area contributed by atoms with E-state index in [1.54, 1.807) is 43.3 Å². The van der Waals surface area contributed by atoms with Crippen molar-refractivity contribution in [1.82, 2.24) is 5.32 Å². The summed E-state index contributed by atoms with van der Waals surface area (Å²) >= 11 is 0. The summed E-state index contributed by atoms with van der Waals surface area (Å²) in [5, 5.41) is 24.1. The zero-order valence-electron chi connectivity index (χ0n) is 13.5. The summed E-state index contributed by atoms with van der Waals surface area (Å²) in [5.74, 6) is -1.47. The van der Waals surface area contributed by atoms with Crippen LogP contribution in [0.15, 0.2) is 53.1 Å². The molecule has 3 rings (SSSR count). The van der Waals surface area contributed by atoms with E-state index >= 15 is 0 Å². The number of carbonyl (C=O) groups is 2. The van der Waals surface area contributed by atoms with E-state index in [1.807, 2.05) is 0 Å². The van der Waals surface area contributed by atoms with Gasteiger partial charge in [0.2, 0.25) is 5.91 Å². The fourth-order valence-corrected chi connectivity index (χ4v) is 2.82. The number of aromatic hydroxyl groups is 1. The number of nitrogens with one attached hydrogen (secondary N) is 1. The van der Waals surface area contributed by atoms with Crippen LogP contribution >= 0.6 is 0 Å². The van der Waals surface area contributed by atoms with Crippen molar-refractivity contribution >= 4 is 22.6 Å². The third-order valence-electron chi connectivity index (χ3n) is 4.03. The molecule has 128 valence electrons. The van der Waals surface area contributed by atoms with Gasteiger partial charge in [0.15, 0.2) is 0 Å². The maximum atomic E-state index is 12.0. The number of amides is 1. The van der Waals surface area contributed by atoms with E-state index in [0.29, 0.717) is 22.1 Å². The molecule has 25 heavy (non-hydrogen) atoms. The Morgan fingerprint density at radius 2 is 1.96 bits per heavy atom. The number of carboxylic acids is 1. The van der Waals surface area contributed by atoms with Crippen LogP contribution in [0.4, 0.5) is 0 Å². The first-order valence-corrected chi connectivity index (χ1v) is 7.83. The highest BCUT2D eigenvalue weighted by Gasteiger charge is 2.27. The molecule has 0 radical (unpaired) electrons. The first kappa shape index (κ1) is 16.6. The number of rotatable bonds is 5. The Kier molecular flexibility index (Phi) is 4.43. The van der Waals surface area contributed by atoms with Crippen molar-refractivity contribution in [3.63, 3.8) is 0 Å². The first-order valence-electron chi connectivity index (χ1n) is 7.83. The van der Waals surface area contributed by atoms with Gasteiger partial charge in [-0.1, -0.05) is 31.2 Å². The van der Waals surface area contributed by atoms with E-state index < -0.39 is 12.0 Å². The Bertz CT molecular complexity index is 930. The summed E-state index contributed by atoms with van der Waals surface area (Å²) in [5.41, 5.74) is 0.0725. The summed E-state index contributed by atoms with van der Waals surface area (Å²) in [6.07, 6.45) is 1.70. The quantitative estimate of drug-likeness (QED) is 0.661. The lowest BCUT2D eigenvalue weighted by Crippen LogP contribution is -2.28. The predicted molar refractivity (Wildman–Crippen MR) is 91.6 cm³/mol. The zero-order chi connectivity index (χ0) is 18.0. The van der Waals surface area contributed by atoms with Gasteiger partial charge in [-0.25, -0.2) is 4.79 Å². The molecule has 6 heteroatoms. The van der Waals surface area contributed by atoms with Crippen molar-refractivity contribution in [1.29, 1.82) is 0 Å². The average Bonchev–Trinajstić information content (AvgIpc) is 3.13. The Hall–Kier alpha value is -3.28. The van der Waals surface area contributed by atoms with E-state index in [0.717, 1.165) is 0 Å². The number of phenols is 1. The SMILES string of the molecule is CCC(=O)N[C@@H](c1ccco1)c1c(O)c(C(=O)O)cc2ccccc12. The molecule has 0 aliphatic rings. The lowest BCUT2D eigenvalue weighted by molar-refractivity contribution is -0.121. The molecule has 0 spiro atoms. The van der Waals surface area contributed by atoms with Crippen molar-refractivity contribution in [2.24, 2.45) is 0 Å². The molecule has 1 atom stereocenters. The van der Waals surface area contributed by atoms with Gasteiger partial charge in [-0.05, 0) is 29.0 Å². The molecular weight excluding hydrogens is 322 g/mol. The van der Waals surface area contributed by atoms with Crippen LogP contribution in [0.1, 0.15) is 41.1 Å². The van der Waals surface area contributed by atoms with E-state index in [9.17, 15) is 19.8 Å². The lowest BCUT2D eigenvalue weighted by Gasteiger charge is -2.21. The van der Waals surface area contributed by atoms with Gasteiger partial charge in [-0.2, -0.15) is 0 Å². The van der Waals surface area contributed by atoms with E-state index in [4.69, 9.17) is 4.42 Å². The summed E-state index contributed by atoms with van der Waals surface area (Å²) in [4.78, 5) is 23.5. The van der Waals surface area contributed by atoms with Crippen LogP contribution in [0.3, 0.4) is 0 Å². The number of aromatic carboxylic acids is 1. The van der Waals surface area contributed by atoms with Gasteiger partial charge < -0.3 is 19.9 Å². The van der Waals surface area contributed by atoms with Crippen molar-refractivity contribution < 1.29 is 24.2 Å². The van der Waals surface area contributed by atoms with Crippen molar-refractivity contribution in [3.8, 4) is 5.75 Å². The fourth-order valence-electron chi connectivity index (χ4n) is 2.82. The van der Waals surface area contributed by atoms with E-state index in [-0.39, 0.29) is 23.6 Å². The molecule has 6 nitrogen and oxygen atoms in total. The molecule has 1 amide bonds. The number of hydrogen-bond donors (Lipinski definition) is 3. The third kappa shape index (κ3) is 3.06. The molecule has 3 N–H and O–H groups in total. The molecular formula is C19H17NO5. The number of carboxylic acid groups (broad SMARTS) is 1. The van der Waals surface area contributed by atoms with Gasteiger partial charge >= 0.3 is 5.97 Å². The molecule has 1 heterocycles. The fraction of sp³-hybridized carbons (Fsp3) is 0.158. The van der Waals surface area contributed by atoms with Crippen LogP contribution < -0.4 is 5.32 Å². The topological polar surface area (TPSA) is 99.8 Å². The van der Waals surface area contributed by atoms with Gasteiger partial charge in [-0.3, -0.25) is 4.79 Å². The highest BCUT2D eigenvalue weighted by atomic mass is 16.4. The van der Waals surface area contributed by atoms with Crippen LogP contribution in [-0.2, 0) is 4.79 Å². The minimum atomic E-state index is -1.25. The monoisotopic (exact) mass is 339 g/mol. The van der Waals surface area contributed by atoms with Crippen molar-refractivity contribution in [2.75, 3.05) is 0 Å². The molecule has 3 aromatic rings. The molecule has 0 saturated carbocycles. The maximum absolute atomic E-state index is 12.0. The summed E-state index contributed by atoms with van der Waals surface area (Å²) in [7, 11) is 0. The van der Waals surface area contributed by atoms with Gasteiger partial charge in [0.05, 0.1) is 6.26 Å². The number of benzene rings is 2. The van der Waals surface area contributed by atoms with Crippen LogP contribution in [0.2, 0.25) is 0 Å². The third-order valence-corrected chi connectivity index (χ3v) is 4.03. The zero-order valence-corrected chi connectivity index (χ0v) is 13.5. The molecule has 0 aliphatic heterocycles. The minimum absolute atomic E-state index is 0.226. The standard InChI is InChI=1S/C19H17NO5/c1-2-15(21)20-17(14-8-5-9-25-14)16-12-7-4-3-6-11(12)10-13(18(16)22)19(23)24/h3-10,17,22H,2H2,1H3,(H,20,21)(H,23,24)/t17-/m0/s1. The average molecular weight is 339 g/mol. The van der Waals surface area contributed by atoms with E-state index in [1.165, 1.54) is 12.3 Å². The number of furan rings is 1. The Morgan fingerprint density at radius 1 is 1.20 bits per heavy atom. The second-order valence-corrected chi connectivity index (χ2v) is 5.58. The van der Waals surface area contributed by atoms with Crippen molar-refractivity contribution in [3.05, 3.63) is 65.6 Å². The highest BCUT2D eigenvalue weighted by molar-refractivity contribution is 6.00. The van der Waals surface area contributed by atoms with Gasteiger partial charge in [-0.15, -0.1) is 0 Å². The summed E-state index contributed by atoms with van der Waals surface area (Å²) in [6.45, 7) is 1.71. The Labute approximate surface area is 143 Å². The van der Waals surface area contributed by atoms with E-state index in [2.05, 4.69) is 5.32 Å². The molecule has 0 bridgehead atoms. The summed E-state index contributed by atoms with van der Waals surface area (Å²) < 4.78 is 5.43.